The Kier molecular flexibility index (Phi) is 7.56. The van der Waals surface area contributed by atoms with Gasteiger partial charge in [0.1, 0.15) is 11.6 Å². The van der Waals surface area contributed by atoms with Crippen LogP contribution in [0.25, 0.3) is 10.9 Å². The summed E-state index contributed by atoms with van der Waals surface area (Å²) >= 11 is 0. The third kappa shape index (κ3) is 5.54. The Morgan fingerprint density at radius 3 is 2.32 bits per heavy atom. The molecule has 0 aliphatic carbocycles. The summed E-state index contributed by atoms with van der Waals surface area (Å²) in [5.41, 5.74) is 4.35. The third-order valence-corrected chi connectivity index (χ3v) is 7.53. The van der Waals surface area contributed by atoms with Crippen molar-refractivity contribution in [2.24, 2.45) is 0 Å². The van der Waals surface area contributed by atoms with E-state index in [4.69, 9.17) is 4.74 Å². The quantitative estimate of drug-likeness (QED) is 0.320. The summed E-state index contributed by atoms with van der Waals surface area (Å²) in [6, 6.07) is 23.0. The van der Waals surface area contributed by atoms with Crippen molar-refractivity contribution in [3.63, 3.8) is 0 Å². The molecule has 3 aromatic carbocycles. The Balaban J connectivity index is 1.51. The highest BCUT2D eigenvalue weighted by Gasteiger charge is 2.27. The lowest BCUT2D eigenvalue weighted by molar-refractivity contribution is -0.133. The molecule has 1 aromatic heterocycles. The van der Waals surface area contributed by atoms with Crippen LogP contribution < -0.4 is 4.74 Å². The molecule has 4 aromatic rings. The SMILES string of the molecule is CCN1CCN(C(=O)C[C@@H](c2ccc(OC)cc2)c2cn(Cc3ccc(F)cc3)c3ccccc23)CC1. The fraction of sp³-hybridized carbons (Fsp3) is 0.323. The smallest absolute Gasteiger partial charge is 0.223 e. The number of para-hydroxylation sites is 1. The number of carbonyl (C=O) groups is 1. The van der Waals surface area contributed by atoms with Crippen LogP contribution in [0.1, 0.15) is 36.0 Å². The second kappa shape index (κ2) is 11.2. The number of carbonyl (C=O) groups excluding carboxylic acids is 1. The molecule has 5 rings (SSSR count). The van der Waals surface area contributed by atoms with Gasteiger partial charge in [0.2, 0.25) is 5.91 Å². The number of hydrogen-bond acceptors (Lipinski definition) is 3. The maximum atomic E-state index is 13.6. The van der Waals surface area contributed by atoms with E-state index in [0.29, 0.717) is 13.0 Å². The van der Waals surface area contributed by atoms with Gasteiger partial charge in [-0.1, -0.05) is 49.4 Å². The monoisotopic (exact) mass is 499 g/mol. The molecule has 0 N–H and O–H groups in total. The summed E-state index contributed by atoms with van der Waals surface area (Å²) in [6.07, 6.45) is 2.58. The molecule has 1 atom stereocenters. The zero-order valence-corrected chi connectivity index (χ0v) is 21.6. The molecule has 1 aliphatic heterocycles. The Bertz CT molecular complexity index is 1340. The van der Waals surface area contributed by atoms with E-state index in [0.717, 1.165) is 66.1 Å². The molecule has 0 saturated carbocycles. The Morgan fingerprint density at radius 1 is 0.946 bits per heavy atom. The molecule has 0 bridgehead atoms. The van der Waals surface area contributed by atoms with Crippen LogP contribution in [-0.4, -0.2) is 60.1 Å². The van der Waals surface area contributed by atoms with E-state index >= 15 is 0 Å². The van der Waals surface area contributed by atoms with Crippen molar-refractivity contribution in [2.45, 2.75) is 25.8 Å². The van der Waals surface area contributed by atoms with E-state index in [1.54, 1.807) is 7.11 Å². The number of benzene rings is 3. The van der Waals surface area contributed by atoms with Gasteiger partial charge >= 0.3 is 0 Å². The summed E-state index contributed by atoms with van der Waals surface area (Å²) in [5.74, 6) is 0.650. The first-order valence-corrected chi connectivity index (χ1v) is 13.0. The molecule has 6 heteroatoms. The van der Waals surface area contributed by atoms with E-state index in [-0.39, 0.29) is 17.6 Å². The van der Waals surface area contributed by atoms with Crippen LogP contribution >= 0.6 is 0 Å². The fourth-order valence-electron chi connectivity index (χ4n) is 5.33. The van der Waals surface area contributed by atoms with Gasteiger partial charge in [-0.25, -0.2) is 4.39 Å². The van der Waals surface area contributed by atoms with Gasteiger partial charge in [0, 0.05) is 62.2 Å². The molecule has 0 unspecified atom stereocenters. The highest BCUT2D eigenvalue weighted by Crippen LogP contribution is 2.36. The van der Waals surface area contributed by atoms with Crippen molar-refractivity contribution in [3.05, 3.63) is 102 Å². The lowest BCUT2D eigenvalue weighted by atomic mass is 9.87. The summed E-state index contributed by atoms with van der Waals surface area (Å²) < 4.78 is 21.1. The maximum Gasteiger partial charge on any atom is 0.223 e. The van der Waals surface area contributed by atoms with Crippen LogP contribution in [0.2, 0.25) is 0 Å². The largest absolute Gasteiger partial charge is 0.497 e. The highest BCUT2D eigenvalue weighted by molar-refractivity contribution is 5.87. The molecule has 0 radical (unpaired) electrons. The Hall–Kier alpha value is -3.64. The molecular weight excluding hydrogens is 465 g/mol. The molecule has 37 heavy (non-hydrogen) atoms. The molecule has 2 heterocycles. The lowest BCUT2D eigenvalue weighted by Crippen LogP contribution is -2.48. The number of hydrogen-bond donors (Lipinski definition) is 0. The highest BCUT2D eigenvalue weighted by atomic mass is 19.1. The number of rotatable bonds is 8. The number of nitrogens with zero attached hydrogens (tertiary/aromatic N) is 3. The minimum Gasteiger partial charge on any atom is -0.497 e. The van der Waals surface area contributed by atoms with Crippen LogP contribution in [0.15, 0.2) is 79.0 Å². The van der Waals surface area contributed by atoms with Crippen LogP contribution in [0.5, 0.6) is 5.75 Å². The zero-order valence-electron chi connectivity index (χ0n) is 21.6. The molecule has 1 fully saturated rings. The fourth-order valence-corrected chi connectivity index (χ4v) is 5.33. The average molecular weight is 500 g/mol. The van der Waals surface area contributed by atoms with Crippen LogP contribution in [-0.2, 0) is 11.3 Å². The normalized spacial score (nSPS) is 15.2. The first-order valence-electron chi connectivity index (χ1n) is 13.0. The molecule has 192 valence electrons. The Labute approximate surface area is 218 Å². The summed E-state index contributed by atoms with van der Waals surface area (Å²) in [7, 11) is 1.66. The molecule has 1 amide bonds. The van der Waals surface area contributed by atoms with Crippen molar-refractivity contribution in [1.82, 2.24) is 14.4 Å². The van der Waals surface area contributed by atoms with Crippen molar-refractivity contribution in [1.29, 1.82) is 0 Å². The van der Waals surface area contributed by atoms with E-state index in [2.05, 4.69) is 46.9 Å². The Morgan fingerprint density at radius 2 is 1.65 bits per heavy atom. The van der Waals surface area contributed by atoms with Gasteiger partial charge in [-0.2, -0.15) is 0 Å². The summed E-state index contributed by atoms with van der Waals surface area (Å²) in [4.78, 5) is 18.0. The molecule has 1 saturated heterocycles. The number of methoxy groups -OCH3 is 1. The zero-order chi connectivity index (χ0) is 25.8. The van der Waals surface area contributed by atoms with E-state index in [1.807, 2.05) is 41.3 Å². The second-order valence-corrected chi connectivity index (χ2v) is 9.70. The van der Waals surface area contributed by atoms with Crippen molar-refractivity contribution >= 4 is 16.8 Å². The number of aromatic nitrogens is 1. The number of ether oxygens (including phenoxy) is 1. The second-order valence-electron chi connectivity index (χ2n) is 9.70. The maximum absolute atomic E-state index is 13.6. The predicted molar refractivity (Wildman–Crippen MR) is 146 cm³/mol. The topological polar surface area (TPSA) is 37.7 Å². The predicted octanol–water partition coefficient (Wildman–Crippen LogP) is 5.52. The van der Waals surface area contributed by atoms with Gasteiger partial charge in [0.25, 0.3) is 0 Å². The minimum atomic E-state index is -0.236. The van der Waals surface area contributed by atoms with Gasteiger partial charge in [-0.15, -0.1) is 0 Å². The number of halogens is 1. The van der Waals surface area contributed by atoms with E-state index < -0.39 is 0 Å². The standard InChI is InChI=1S/C31H34FN3O2/c1-3-33-16-18-34(19-17-33)31(36)20-28(24-10-14-26(37-2)15-11-24)29-22-35(30-7-5-4-6-27(29)30)21-23-8-12-25(32)13-9-23/h4-15,22,28H,3,16-21H2,1-2H3/t28-/m0/s1. The van der Waals surface area contributed by atoms with Crippen LogP contribution in [0, 0.1) is 5.82 Å². The van der Waals surface area contributed by atoms with E-state index in [9.17, 15) is 9.18 Å². The summed E-state index contributed by atoms with van der Waals surface area (Å²) in [6.45, 7) is 7.20. The molecule has 0 spiro atoms. The van der Waals surface area contributed by atoms with Crippen molar-refractivity contribution in [2.75, 3.05) is 39.8 Å². The average Bonchev–Trinajstić information content (AvgIpc) is 3.31. The molecular formula is C31H34FN3O2. The van der Waals surface area contributed by atoms with Crippen molar-refractivity contribution in [3.8, 4) is 5.75 Å². The number of piperazine rings is 1. The summed E-state index contributed by atoms with van der Waals surface area (Å²) in [5, 5.41) is 1.13. The van der Waals surface area contributed by atoms with Gasteiger partial charge < -0.3 is 19.1 Å². The van der Waals surface area contributed by atoms with Gasteiger partial charge in [0.05, 0.1) is 7.11 Å². The molecule has 1 aliphatic rings. The van der Waals surface area contributed by atoms with Gasteiger partial charge in [0.15, 0.2) is 0 Å². The van der Waals surface area contributed by atoms with Gasteiger partial charge in [-0.05, 0) is 53.6 Å². The minimum absolute atomic E-state index is 0.0954. The first-order chi connectivity index (χ1) is 18.1. The van der Waals surface area contributed by atoms with Crippen LogP contribution in [0.3, 0.4) is 0 Å². The van der Waals surface area contributed by atoms with Gasteiger partial charge in [-0.3, -0.25) is 4.79 Å². The third-order valence-electron chi connectivity index (χ3n) is 7.53. The van der Waals surface area contributed by atoms with E-state index in [1.165, 1.54) is 12.1 Å². The number of amides is 1. The number of likely N-dealkylation sites (N-methyl/N-ethyl adjacent to an activating group) is 1. The van der Waals surface area contributed by atoms with Crippen LogP contribution in [0.4, 0.5) is 4.39 Å². The lowest BCUT2D eigenvalue weighted by Gasteiger charge is -2.34. The molecule has 5 nitrogen and oxygen atoms in total. The number of fused-ring (bicyclic) bond motifs is 1. The first kappa shape index (κ1) is 25.0. The van der Waals surface area contributed by atoms with Crippen molar-refractivity contribution < 1.29 is 13.9 Å².